The van der Waals surface area contributed by atoms with Crippen LogP contribution in [0.2, 0.25) is 0 Å². The summed E-state index contributed by atoms with van der Waals surface area (Å²) in [6.45, 7) is 9.79. The van der Waals surface area contributed by atoms with Crippen molar-refractivity contribution in [3.63, 3.8) is 0 Å². The Morgan fingerprint density at radius 1 is 0.833 bits per heavy atom. The predicted octanol–water partition coefficient (Wildman–Crippen LogP) is 2.63. The lowest BCUT2D eigenvalue weighted by molar-refractivity contribution is -0.137. The van der Waals surface area contributed by atoms with Crippen molar-refractivity contribution in [2.75, 3.05) is 69.7 Å². The van der Waals surface area contributed by atoms with Gasteiger partial charge in [-0.25, -0.2) is 24.4 Å². The number of imidazole rings is 1. The Bertz CT molecular complexity index is 2590. The van der Waals surface area contributed by atoms with E-state index in [2.05, 4.69) is 48.7 Å². The molecule has 2 aliphatic rings. The van der Waals surface area contributed by atoms with E-state index in [1.165, 1.54) is 0 Å². The van der Waals surface area contributed by atoms with E-state index in [1.54, 1.807) is 43.0 Å². The Hall–Kier alpha value is -7.66. The lowest BCUT2D eigenvalue weighted by Gasteiger charge is -2.27. The number of aryl methyl sites for hydroxylation is 1. The van der Waals surface area contributed by atoms with Gasteiger partial charge in [-0.05, 0) is 48.9 Å². The Morgan fingerprint density at radius 3 is 2.28 bits per heavy atom. The molecule has 1 saturated heterocycles. The monoisotopic (exact) mass is 995 g/mol. The van der Waals surface area contributed by atoms with E-state index in [0.29, 0.717) is 68.1 Å². The zero-order valence-electron chi connectivity index (χ0n) is 40.9. The minimum Gasteiger partial charge on any atom is -0.444 e. The molecular formula is C49H65N13O10. The van der Waals surface area contributed by atoms with Crippen LogP contribution in [0.5, 0.6) is 0 Å². The number of pyridine rings is 1. The molecule has 6 rings (SSSR count). The van der Waals surface area contributed by atoms with E-state index in [-0.39, 0.29) is 50.8 Å². The molecule has 4 heterocycles. The number of hydrogen-bond donors (Lipinski definition) is 8. The van der Waals surface area contributed by atoms with Crippen molar-refractivity contribution in [1.82, 2.24) is 50.9 Å². The van der Waals surface area contributed by atoms with Crippen LogP contribution in [0, 0.1) is 5.92 Å². The quantitative estimate of drug-likeness (QED) is 0.0350. The number of piperazine rings is 1. The number of benzene rings is 2. The number of aromatic nitrogens is 3. The number of amides is 10. The first-order valence-electron chi connectivity index (χ1n) is 24.3. The first-order valence-corrected chi connectivity index (χ1v) is 24.3. The summed E-state index contributed by atoms with van der Waals surface area (Å²) in [7, 11) is 0. The highest BCUT2D eigenvalue weighted by Gasteiger charge is 2.30. The summed E-state index contributed by atoms with van der Waals surface area (Å²) in [6.07, 6.45) is 4.13. The molecule has 0 bridgehead atoms. The molecular weight excluding hydrogens is 931 g/mol. The van der Waals surface area contributed by atoms with Crippen LogP contribution in [0.3, 0.4) is 0 Å². The fourth-order valence-electron chi connectivity index (χ4n) is 8.09. The van der Waals surface area contributed by atoms with E-state index in [4.69, 9.17) is 25.2 Å². The first-order chi connectivity index (χ1) is 34.7. The first kappa shape index (κ1) is 53.7. The average Bonchev–Trinajstić information content (AvgIpc) is 3.90. The number of carbonyl (C=O) groups is 8. The topological polar surface area (TPSA) is 302 Å². The van der Waals surface area contributed by atoms with Gasteiger partial charge in [-0.1, -0.05) is 57.5 Å². The Balaban J connectivity index is 1.05. The maximum Gasteiger partial charge on any atom is 0.413 e. The number of nitrogens with zero attached hydrogens (tertiary/aromatic N) is 5. The molecule has 0 aliphatic carbocycles. The minimum atomic E-state index is -1.10. The number of nitrogens with one attached hydrogen (secondary N) is 7. The molecule has 0 radical (unpaired) electrons. The van der Waals surface area contributed by atoms with E-state index in [0.717, 1.165) is 59.7 Å². The molecule has 2 aromatic heterocycles. The van der Waals surface area contributed by atoms with Crippen molar-refractivity contribution in [3.8, 4) is 0 Å². The van der Waals surface area contributed by atoms with Crippen LogP contribution in [0.15, 0.2) is 60.7 Å². The van der Waals surface area contributed by atoms with Gasteiger partial charge in [0.25, 0.3) is 11.8 Å². The number of fused-ring (bicyclic) bond motifs is 3. The number of urea groups is 2. The maximum atomic E-state index is 13.7. The third-order valence-electron chi connectivity index (χ3n) is 11.9. The van der Waals surface area contributed by atoms with Crippen LogP contribution < -0.4 is 43.0 Å². The molecule has 0 saturated carbocycles. The number of imide groups is 1. The second kappa shape index (κ2) is 26.5. The molecule has 10 amide bonds. The molecule has 1 fully saturated rings. The van der Waals surface area contributed by atoms with Crippen LogP contribution in [0.1, 0.15) is 64.3 Å². The number of anilines is 2. The molecule has 72 heavy (non-hydrogen) atoms. The normalized spacial score (nSPS) is 14.3. The van der Waals surface area contributed by atoms with Gasteiger partial charge in [-0.2, -0.15) is 0 Å². The molecule has 2 aliphatic heterocycles. The summed E-state index contributed by atoms with van der Waals surface area (Å²) in [4.78, 5) is 114. The minimum absolute atomic E-state index is 0.0939. The third kappa shape index (κ3) is 15.2. The van der Waals surface area contributed by atoms with Crippen molar-refractivity contribution in [2.24, 2.45) is 11.7 Å². The number of nitrogens with two attached hydrogens (primary N) is 1. The van der Waals surface area contributed by atoms with Crippen LogP contribution in [-0.4, -0.2) is 143 Å². The molecule has 4 aromatic rings. The molecule has 0 unspecified atom stereocenters. The zero-order valence-corrected chi connectivity index (χ0v) is 40.9. The van der Waals surface area contributed by atoms with Crippen molar-refractivity contribution >= 4 is 81.1 Å². The smallest absolute Gasteiger partial charge is 0.413 e. The number of carbonyl (C=O) groups excluding carboxylic acids is 8. The maximum absolute atomic E-state index is 13.7. The lowest BCUT2D eigenvalue weighted by atomic mass is 10.0. The van der Waals surface area contributed by atoms with E-state index in [1.807, 2.05) is 24.3 Å². The summed E-state index contributed by atoms with van der Waals surface area (Å²) in [5.41, 5.74) is 8.13. The molecule has 23 heteroatoms. The zero-order chi connectivity index (χ0) is 51.6. The molecule has 0 spiro atoms. The summed E-state index contributed by atoms with van der Waals surface area (Å²) < 4.78 is 13.7. The second-order valence-electron chi connectivity index (χ2n) is 17.6. The Labute approximate surface area is 416 Å². The number of unbranched alkanes of at least 4 members (excludes halogenated alkanes) is 1. The summed E-state index contributed by atoms with van der Waals surface area (Å²) in [6, 6.07) is 11.1. The van der Waals surface area contributed by atoms with Gasteiger partial charge < -0.3 is 56.6 Å². The van der Waals surface area contributed by atoms with Crippen LogP contribution >= 0.6 is 0 Å². The SMILES string of the molecule is CCCCc1nc2c(NC(=O)OCc3ccc(NC(=O)[C@@H](CCCNC(N)=O)NC(=O)[C@H](NC(=O)CCN4C(=O)C=CC4=O)C(C)C)cc3)nc3ccccc3c2n1CCOCCNC(=O)N1CCNCC1. The molecule has 2 aromatic carbocycles. The van der Waals surface area contributed by atoms with Crippen LogP contribution in [-0.2, 0) is 53.0 Å². The van der Waals surface area contributed by atoms with E-state index < -0.39 is 59.7 Å². The van der Waals surface area contributed by atoms with Crippen molar-refractivity contribution in [1.29, 1.82) is 0 Å². The largest absolute Gasteiger partial charge is 0.444 e. The second-order valence-corrected chi connectivity index (χ2v) is 17.6. The highest BCUT2D eigenvalue weighted by Crippen LogP contribution is 2.31. The number of hydrogen-bond acceptors (Lipinski definition) is 13. The lowest BCUT2D eigenvalue weighted by Crippen LogP contribution is -2.54. The Kier molecular flexibility index (Phi) is 19.8. The van der Waals surface area contributed by atoms with E-state index in [9.17, 15) is 38.4 Å². The van der Waals surface area contributed by atoms with Gasteiger partial charge in [0.2, 0.25) is 17.7 Å². The number of ether oxygens (including phenoxy) is 2. The van der Waals surface area contributed by atoms with Gasteiger partial charge in [0.15, 0.2) is 5.82 Å². The molecule has 2 atom stereocenters. The number of rotatable bonds is 25. The highest BCUT2D eigenvalue weighted by molar-refractivity contribution is 6.13. The van der Waals surface area contributed by atoms with Gasteiger partial charge in [0.05, 0.1) is 24.2 Å². The van der Waals surface area contributed by atoms with Crippen molar-refractivity contribution in [2.45, 2.75) is 84.5 Å². The summed E-state index contributed by atoms with van der Waals surface area (Å²) in [5, 5.41) is 20.4. The molecule has 9 N–H and O–H groups in total. The number of para-hydroxylation sites is 1. The fraction of sp³-hybridized carbons (Fsp3) is 0.469. The number of primary amides is 1. The summed E-state index contributed by atoms with van der Waals surface area (Å²) >= 11 is 0. The van der Waals surface area contributed by atoms with Gasteiger partial charge >= 0.3 is 18.2 Å². The van der Waals surface area contributed by atoms with Gasteiger partial charge in [0, 0.05) is 88.4 Å². The van der Waals surface area contributed by atoms with Gasteiger partial charge in [-0.3, -0.25) is 34.2 Å². The van der Waals surface area contributed by atoms with Crippen LogP contribution in [0.4, 0.5) is 25.9 Å². The van der Waals surface area contributed by atoms with Gasteiger partial charge in [-0.15, -0.1) is 0 Å². The van der Waals surface area contributed by atoms with Gasteiger partial charge in [0.1, 0.15) is 30.0 Å². The Morgan fingerprint density at radius 2 is 1.57 bits per heavy atom. The highest BCUT2D eigenvalue weighted by atomic mass is 16.5. The molecule has 23 nitrogen and oxygen atoms in total. The van der Waals surface area contributed by atoms with Crippen molar-refractivity contribution < 1.29 is 47.8 Å². The fourth-order valence-corrected chi connectivity index (χ4v) is 8.09. The third-order valence-corrected chi connectivity index (χ3v) is 11.9. The average molecular weight is 996 g/mol. The standard InChI is InChI=1S/C49H65N13O10/c1-4-5-12-37-57-42-43(61(37)27-29-71-28-23-53-48(69)60-25-21-51-22-26-60)34-9-6-7-10-35(34)55-44(42)59-49(70)72-30-32-13-15-33(16-14-32)54-45(66)36(11-8-20-52-47(50)68)56-46(67)41(31(2)3)58-38(63)19-24-62-39(64)17-18-40(62)65/h6-7,9-10,13-18,31,36,41,51H,4-5,8,11-12,19-30H2,1-3H3,(H,53,69)(H,54,66)(H,56,67)(H,58,63)(H3,50,52,68)(H,55,59,70)/t36-,41-/m1/s1. The van der Waals surface area contributed by atoms with E-state index >= 15 is 0 Å². The molecule has 386 valence electrons. The summed E-state index contributed by atoms with van der Waals surface area (Å²) in [5.74, 6) is -2.20. The van der Waals surface area contributed by atoms with Crippen molar-refractivity contribution in [3.05, 3.63) is 72.1 Å². The predicted molar refractivity (Wildman–Crippen MR) is 267 cm³/mol. The van der Waals surface area contributed by atoms with Crippen LogP contribution in [0.25, 0.3) is 21.9 Å².